The monoisotopic (exact) mass is 323 g/mol. The van der Waals surface area contributed by atoms with E-state index in [1.54, 1.807) is 0 Å². The molecule has 0 atom stereocenters. The average molecular weight is 323 g/mol. The average Bonchev–Trinajstić information content (AvgIpc) is 2.99. The molecule has 0 radical (unpaired) electrons. The number of H-pyrrole nitrogens is 1. The van der Waals surface area contributed by atoms with E-state index in [1.165, 1.54) is 24.7 Å². The number of nitrogens with one attached hydrogen (secondary N) is 1. The van der Waals surface area contributed by atoms with Gasteiger partial charge in [0.05, 0.1) is 23.6 Å². The number of carboxylic acids is 1. The minimum absolute atomic E-state index is 0.146. The molecule has 8 heteroatoms. The Labute approximate surface area is 126 Å². The molecule has 0 amide bonds. The van der Waals surface area contributed by atoms with Crippen LogP contribution >= 0.6 is 0 Å². The standard InChI is InChI=1S/C15H8F3NO4/c16-15(17,18)10-4-8(7-1-2-23-6-7)3-9-12(20)5-11(14(21)22)19-13(9)10/h1-6H,(H,19,20)(H,21,22). The van der Waals surface area contributed by atoms with Gasteiger partial charge in [-0.15, -0.1) is 0 Å². The molecule has 0 unspecified atom stereocenters. The van der Waals surface area contributed by atoms with Gasteiger partial charge in [-0.2, -0.15) is 13.2 Å². The SMILES string of the molecule is O=C(O)c1cc(=O)c2cc(-c3ccoc3)cc(C(F)(F)F)c2[nH]1. The summed E-state index contributed by atoms with van der Waals surface area (Å²) in [4.78, 5) is 25.2. The summed E-state index contributed by atoms with van der Waals surface area (Å²) in [7, 11) is 0. The van der Waals surface area contributed by atoms with Gasteiger partial charge in [-0.25, -0.2) is 4.79 Å². The Hall–Kier alpha value is -3.03. The molecule has 3 rings (SSSR count). The van der Waals surface area contributed by atoms with Crippen LogP contribution in [0, 0.1) is 0 Å². The summed E-state index contributed by atoms with van der Waals surface area (Å²) >= 11 is 0. The lowest BCUT2D eigenvalue weighted by molar-refractivity contribution is -0.136. The minimum atomic E-state index is -4.77. The van der Waals surface area contributed by atoms with Gasteiger partial charge in [-0.1, -0.05) is 0 Å². The molecule has 118 valence electrons. The van der Waals surface area contributed by atoms with Crippen molar-refractivity contribution in [2.45, 2.75) is 6.18 Å². The summed E-state index contributed by atoms with van der Waals surface area (Å²) in [5.74, 6) is -1.52. The van der Waals surface area contributed by atoms with Gasteiger partial charge in [0, 0.05) is 17.0 Å². The van der Waals surface area contributed by atoms with Gasteiger partial charge in [-0.3, -0.25) is 4.79 Å². The van der Waals surface area contributed by atoms with E-state index < -0.39 is 34.3 Å². The Morgan fingerprint density at radius 1 is 1.17 bits per heavy atom. The van der Waals surface area contributed by atoms with Crippen molar-refractivity contribution in [2.24, 2.45) is 0 Å². The lowest BCUT2D eigenvalue weighted by Crippen LogP contribution is -2.14. The zero-order valence-electron chi connectivity index (χ0n) is 11.3. The third-order valence-electron chi connectivity index (χ3n) is 3.33. The largest absolute Gasteiger partial charge is 0.477 e. The van der Waals surface area contributed by atoms with Crippen molar-refractivity contribution in [3.05, 3.63) is 58.3 Å². The van der Waals surface area contributed by atoms with Crippen LogP contribution in [0.1, 0.15) is 16.1 Å². The van der Waals surface area contributed by atoms with Crippen LogP contribution in [0.3, 0.4) is 0 Å². The van der Waals surface area contributed by atoms with E-state index in [-0.39, 0.29) is 10.9 Å². The third kappa shape index (κ3) is 2.59. The number of furan rings is 1. The van der Waals surface area contributed by atoms with Crippen molar-refractivity contribution in [2.75, 3.05) is 0 Å². The second-order valence-electron chi connectivity index (χ2n) is 4.81. The molecule has 2 N–H and O–H groups in total. The molecule has 0 bridgehead atoms. The Morgan fingerprint density at radius 3 is 2.48 bits per heavy atom. The first-order valence-electron chi connectivity index (χ1n) is 6.31. The number of hydrogen-bond donors (Lipinski definition) is 2. The maximum absolute atomic E-state index is 13.3. The summed E-state index contributed by atoms with van der Waals surface area (Å²) in [6.45, 7) is 0. The van der Waals surface area contributed by atoms with Crippen LogP contribution in [-0.2, 0) is 6.18 Å². The summed E-state index contributed by atoms with van der Waals surface area (Å²) in [6.07, 6.45) is -2.22. The van der Waals surface area contributed by atoms with E-state index in [0.29, 0.717) is 5.56 Å². The second kappa shape index (κ2) is 5.01. The first-order valence-corrected chi connectivity index (χ1v) is 6.31. The quantitative estimate of drug-likeness (QED) is 0.756. The number of halogens is 3. The minimum Gasteiger partial charge on any atom is -0.477 e. The highest BCUT2D eigenvalue weighted by atomic mass is 19.4. The summed E-state index contributed by atoms with van der Waals surface area (Å²) in [6, 6.07) is 4.32. The number of pyridine rings is 1. The van der Waals surface area contributed by atoms with Crippen LogP contribution in [0.15, 0.2) is 46.0 Å². The molecule has 0 fully saturated rings. The molecule has 23 heavy (non-hydrogen) atoms. The van der Waals surface area contributed by atoms with E-state index in [9.17, 15) is 22.8 Å². The summed E-state index contributed by atoms with van der Waals surface area (Å²) < 4.78 is 44.8. The molecule has 0 aliphatic carbocycles. The van der Waals surface area contributed by atoms with Crippen molar-refractivity contribution in [3.63, 3.8) is 0 Å². The number of benzene rings is 1. The predicted octanol–water partition coefficient (Wildman–Crippen LogP) is 3.51. The topological polar surface area (TPSA) is 83.3 Å². The number of carbonyl (C=O) groups is 1. The van der Waals surface area contributed by atoms with Crippen LogP contribution in [-0.4, -0.2) is 16.1 Å². The molecule has 2 heterocycles. The number of alkyl halides is 3. The molecule has 5 nitrogen and oxygen atoms in total. The maximum Gasteiger partial charge on any atom is 0.418 e. The van der Waals surface area contributed by atoms with Crippen LogP contribution in [0.25, 0.3) is 22.0 Å². The lowest BCUT2D eigenvalue weighted by Gasteiger charge is -2.13. The predicted molar refractivity (Wildman–Crippen MR) is 74.2 cm³/mol. The van der Waals surface area contributed by atoms with Crippen molar-refractivity contribution in [1.82, 2.24) is 4.98 Å². The van der Waals surface area contributed by atoms with Gasteiger partial charge in [0.25, 0.3) is 0 Å². The molecule has 0 spiro atoms. The van der Waals surface area contributed by atoms with Crippen LogP contribution in [0.5, 0.6) is 0 Å². The fraction of sp³-hybridized carbons (Fsp3) is 0.0667. The molecular formula is C15H8F3NO4. The Kier molecular flexibility index (Phi) is 3.24. The van der Waals surface area contributed by atoms with Crippen molar-refractivity contribution < 1.29 is 27.5 Å². The molecule has 0 aliphatic rings. The maximum atomic E-state index is 13.3. The number of hydrogen-bond acceptors (Lipinski definition) is 3. The van der Waals surface area contributed by atoms with Crippen LogP contribution < -0.4 is 5.43 Å². The Morgan fingerprint density at radius 2 is 1.91 bits per heavy atom. The summed E-state index contributed by atoms with van der Waals surface area (Å²) in [5, 5.41) is 8.65. The normalized spacial score (nSPS) is 11.8. The van der Waals surface area contributed by atoms with E-state index >= 15 is 0 Å². The highest BCUT2D eigenvalue weighted by molar-refractivity contribution is 5.93. The van der Waals surface area contributed by atoms with Crippen molar-refractivity contribution >= 4 is 16.9 Å². The number of rotatable bonds is 2. The molecule has 2 aromatic heterocycles. The summed E-state index contributed by atoms with van der Waals surface area (Å²) in [5.41, 5.74) is -2.58. The fourth-order valence-corrected chi connectivity index (χ4v) is 2.28. The third-order valence-corrected chi connectivity index (χ3v) is 3.33. The zero-order valence-corrected chi connectivity index (χ0v) is 11.3. The van der Waals surface area contributed by atoms with E-state index in [2.05, 4.69) is 4.98 Å². The molecule has 3 aromatic rings. The first kappa shape index (κ1) is 14.9. The van der Waals surface area contributed by atoms with Crippen molar-refractivity contribution in [1.29, 1.82) is 0 Å². The van der Waals surface area contributed by atoms with Gasteiger partial charge < -0.3 is 14.5 Å². The number of aromatic amines is 1. The van der Waals surface area contributed by atoms with E-state index in [0.717, 1.165) is 12.1 Å². The highest BCUT2D eigenvalue weighted by Crippen LogP contribution is 2.36. The van der Waals surface area contributed by atoms with Crippen molar-refractivity contribution in [3.8, 4) is 11.1 Å². The number of carboxylic acid groups (broad SMARTS) is 1. The number of aromatic carboxylic acids is 1. The number of fused-ring (bicyclic) bond motifs is 1. The molecule has 0 aliphatic heterocycles. The highest BCUT2D eigenvalue weighted by Gasteiger charge is 2.34. The van der Waals surface area contributed by atoms with Crippen LogP contribution in [0.2, 0.25) is 0 Å². The van der Waals surface area contributed by atoms with Crippen LogP contribution in [0.4, 0.5) is 13.2 Å². The Balaban J connectivity index is 2.43. The smallest absolute Gasteiger partial charge is 0.418 e. The lowest BCUT2D eigenvalue weighted by atomic mass is 10.0. The molecule has 1 aromatic carbocycles. The zero-order chi connectivity index (χ0) is 16.8. The molecular weight excluding hydrogens is 315 g/mol. The fourth-order valence-electron chi connectivity index (χ4n) is 2.28. The van der Waals surface area contributed by atoms with E-state index in [1.807, 2.05) is 0 Å². The van der Waals surface area contributed by atoms with Gasteiger partial charge in [0.2, 0.25) is 0 Å². The van der Waals surface area contributed by atoms with E-state index in [4.69, 9.17) is 9.52 Å². The van der Waals surface area contributed by atoms with Gasteiger partial charge in [0.1, 0.15) is 5.69 Å². The second-order valence-corrected chi connectivity index (χ2v) is 4.81. The van der Waals surface area contributed by atoms with Gasteiger partial charge in [-0.05, 0) is 23.8 Å². The molecule has 0 saturated carbocycles. The Bertz CT molecular complexity index is 955. The molecule has 0 saturated heterocycles. The first-order chi connectivity index (χ1) is 10.8. The number of aromatic nitrogens is 1. The van der Waals surface area contributed by atoms with Gasteiger partial charge >= 0.3 is 12.1 Å². The van der Waals surface area contributed by atoms with Gasteiger partial charge in [0.15, 0.2) is 5.43 Å².